The van der Waals surface area contributed by atoms with E-state index in [9.17, 15) is 4.79 Å². The Labute approximate surface area is 135 Å². The summed E-state index contributed by atoms with van der Waals surface area (Å²) in [6, 6.07) is 6.00. The molecule has 0 aliphatic heterocycles. The maximum atomic E-state index is 12.1. The fraction of sp³-hybridized carbons (Fsp3) is 0.438. The largest absolute Gasteiger partial charge is 0.325 e. The minimum absolute atomic E-state index is 0.0272. The summed E-state index contributed by atoms with van der Waals surface area (Å²) in [7, 11) is 0. The van der Waals surface area contributed by atoms with Crippen LogP contribution in [0, 0.1) is 13.8 Å². The number of amides is 1. The smallest absolute Gasteiger partial charge is 0.234 e. The topological polar surface area (TPSA) is 59.8 Å². The van der Waals surface area contributed by atoms with E-state index < -0.39 is 0 Å². The van der Waals surface area contributed by atoms with Crippen LogP contribution in [0.25, 0.3) is 0 Å². The van der Waals surface area contributed by atoms with Crippen molar-refractivity contribution in [1.82, 2.24) is 14.8 Å². The Kier molecular flexibility index (Phi) is 5.60. The molecule has 5 nitrogen and oxygen atoms in total. The summed E-state index contributed by atoms with van der Waals surface area (Å²) in [5.74, 6) is 1.26. The molecule has 0 aliphatic carbocycles. The van der Waals surface area contributed by atoms with Crippen LogP contribution in [0.1, 0.15) is 30.8 Å². The molecule has 0 saturated carbocycles. The van der Waals surface area contributed by atoms with Crippen LogP contribution >= 0.6 is 11.8 Å². The number of hydrogen-bond donors (Lipinski definition) is 1. The standard InChI is InChI=1S/C16H22N4OS/c1-5-14-18-19-16(20(14)6-2)22-10-15(21)17-13-8-7-11(3)9-12(13)4/h7-9H,5-6,10H2,1-4H3,(H,17,21). The van der Waals surface area contributed by atoms with E-state index >= 15 is 0 Å². The van der Waals surface area contributed by atoms with Gasteiger partial charge in [-0.3, -0.25) is 4.79 Å². The molecule has 22 heavy (non-hydrogen) atoms. The van der Waals surface area contributed by atoms with Gasteiger partial charge in [0.1, 0.15) is 5.82 Å². The number of nitrogens with zero attached hydrogens (tertiary/aromatic N) is 3. The first kappa shape index (κ1) is 16.5. The summed E-state index contributed by atoms with van der Waals surface area (Å²) in [6.45, 7) is 8.96. The average Bonchev–Trinajstić information content (AvgIpc) is 2.90. The van der Waals surface area contributed by atoms with Gasteiger partial charge in [-0.15, -0.1) is 10.2 Å². The van der Waals surface area contributed by atoms with Crippen LogP contribution in [0.3, 0.4) is 0 Å². The number of carbonyl (C=O) groups is 1. The fourth-order valence-corrected chi connectivity index (χ4v) is 3.10. The maximum absolute atomic E-state index is 12.1. The molecule has 0 saturated heterocycles. The van der Waals surface area contributed by atoms with Gasteiger partial charge >= 0.3 is 0 Å². The zero-order valence-corrected chi connectivity index (χ0v) is 14.3. The Balaban J connectivity index is 1.97. The average molecular weight is 318 g/mol. The van der Waals surface area contributed by atoms with E-state index in [-0.39, 0.29) is 5.91 Å². The van der Waals surface area contributed by atoms with Gasteiger partial charge in [-0.2, -0.15) is 0 Å². The molecule has 2 aromatic rings. The molecule has 1 amide bonds. The number of hydrogen-bond acceptors (Lipinski definition) is 4. The van der Waals surface area contributed by atoms with Crippen molar-refractivity contribution in [2.75, 3.05) is 11.1 Å². The van der Waals surface area contributed by atoms with Crippen molar-refractivity contribution in [3.8, 4) is 0 Å². The first-order valence-corrected chi connectivity index (χ1v) is 8.45. The number of benzene rings is 1. The quantitative estimate of drug-likeness (QED) is 0.831. The van der Waals surface area contributed by atoms with E-state index in [0.29, 0.717) is 5.75 Å². The number of aromatic nitrogens is 3. The first-order chi connectivity index (χ1) is 10.5. The van der Waals surface area contributed by atoms with Crippen molar-refractivity contribution in [2.45, 2.75) is 45.8 Å². The van der Waals surface area contributed by atoms with Crippen LogP contribution in [0.5, 0.6) is 0 Å². The molecule has 1 N–H and O–H groups in total. The van der Waals surface area contributed by atoms with Crippen molar-refractivity contribution >= 4 is 23.4 Å². The Morgan fingerprint density at radius 2 is 2.05 bits per heavy atom. The molecule has 0 fully saturated rings. The third-order valence-corrected chi connectivity index (χ3v) is 4.38. The lowest BCUT2D eigenvalue weighted by Gasteiger charge is -2.09. The van der Waals surface area contributed by atoms with E-state index in [4.69, 9.17) is 0 Å². The molecule has 2 rings (SSSR count). The molecular formula is C16H22N4OS. The van der Waals surface area contributed by atoms with Gasteiger partial charge in [-0.25, -0.2) is 0 Å². The highest BCUT2D eigenvalue weighted by Crippen LogP contribution is 2.19. The first-order valence-electron chi connectivity index (χ1n) is 7.47. The summed E-state index contributed by atoms with van der Waals surface area (Å²) in [6.07, 6.45) is 0.843. The molecule has 1 aromatic heterocycles. The minimum Gasteiger partial charge on any atom is -0.325 e. The number of aryl methyl sites for hydroxylation is 3. The zero-order valence-electron chi connectivity index (χ0n) is 13.5. The second-order valence-corrected chi connectivity index (χ2v) is 6.09. The van der Waals surface area contributed by atoms with E-state index in [0.717, 1.165) is 35.2 Å². The van der Waals surface area contributed by atoms with Crippen molar-refractivity contribution in [3.63, 3.8) is 0 Å². The Hall–Kier alpha value is -1.82. The Morgan fingerprint density at radius 1 is 1.27 bits per heavy atom. The predicted octanol–water partition coefficient (Wildman–Crippen LogP) is 3.21. The van der Waals surface area contributed by atoms with Crippen molar-refractivity contribution in [1.29, 1.82) is 0 Å². The number of rotatable bonds is 6. The maximum Gasteiger partial charge on any atom is 0.234 e. The second-order valence-electron chi connectivity index (χ2n) is 5.15. The van der Waals surface area contributed by atoms with E-state index in [2.05, 4.69) is 40.0 Å². The van der Waals surface area contributed by atoms with Crippen LogP contribution < -0.4 is 5.32 Å². The lowest BCUT2D eigenvalue weighted by Crippen LogP contribution is -2.15. The molecule has 1 aromatic carbocycles. The van der Waals surface area contributed by atoms with Gasteiger partial charge in [0, 0.05) is 18.7 Å². The molecule has 1 heterocycles. The van der Waals surface area contributed by atoms with Crippen LogP contribution in [0.2, 0.25) is 0 Å². The van der Waals surface area contributed by atoms with Crippen molar-refractivity contribution < 1.29 is 4.79 Å². The monoisotopic (exact) mass is 318 g/mol. The summed E-state index contributed by atoms with van der Waals surface area (Å²) in [4.78, 5) is 12.1. The highest BCUT2D eigenvalue weighted by Gasteiger charge is 2.12. The highest BCUT2D eigenvalue weighted by atomic mass is 32.2. The molecule has 118 valence electrons. The second kappa shape index (κ2) is 7.45. The number of thioether (sulfide) groups is 1. The SMILES string of the molecule is CCc1nnc(SCC(=O)Nc2ccc(C)cc2C)n1CC. The third-order valence-electron chi connectivity index (χ3n) is 3.41. The molecule has 0 atom stereocenters. The van der Waals surface area contributed by atoms with E-state index in [1.807, 2.05) is 26.0 Å². The van der Waals surface area contributed by atoms with Gasteiger partial charge in [0.25, 0.3) is 0 Å². The molecule has 0 spiro atoms. The Bertz CT molecular complexity index is 666. The van der Waals surface area contributed by atoms with E-state index in [1.54, 1.807) is 0 Å². The lowest BCUT2D eigenvalue weighted by atomic mass is 10.1. The van der Waals surface area contributed by atoms with Gasteiger partial charge in [-0.1, -0.05) is 36.4 Å². The van der Waals surface area contributed by atoms with Crippen LogP contribution in [0.15, 0.2) is 23.4 Å². The summed E-state index contributed by atoms with van der Waals surface area (Å²) in [5, 5.41) is 12.1. The molecule has 6 heteroatoms. The van der Waals surface area contributed by atoms with Crippen LogP contribution in [-0.4, -0.2) is 26.4 Å². The van der Waals surface area contributed by atoms with Gasteiger partial charge in [0.15, 0.2) is 5.16 Å². The molecule has 0 aliphatic rings. The number of carbonyl (C=O) groups excluding carboxylic acids is 1. The predicted molar refractivity (Wildman–Crippen MR) is 90.3 cm³/mol. The molecule has 0 unspecified atom stereocenters. The molecular weight excluding hydrogens is 296 g/mol. The zero-order chi connectivity index (χ0) is 16.1. The lowest BCUT2D eigenvalue weighted by molar-refractivity contribution is -0.113. The Morgan fingerprint density at radius 3 is 2.68 bits per heavy atom. The van der Waals surface area contributed by atoms with Crippen LogP contribution in [-0.2, 0) is 17.8 Å². The third kappa shape index (κ3) is 3.88. The van der Waals surface area contributed by atoms with Crippen LogP contribution in [0.4, 0.5) is 5.69 Å². The van der Waals surface area contributed by atoms with Gasteiger partial charge < -0.3 is 9.88 Å². The summed E-state index contributed by atoms with van der Waals surface area (Å²) in [5.41, 5.74) is 3.12. The fourth-order valence-electron chi connectivity index (χ4n) is 2.28. The van der Waals surface area contributed by atoms with Crippen molar-refractivity contribution in [3.05, 3.63) is 35.2 Å². The number of nitrogens with one attached hydrogen (secondary N) is 1. The van der Waals surface area contributed by atoms with Gasteiger partial charge in [0.05, 0.1) is 5.75 Å². The minimum atomic E-state index is -0.0272. The summed E-state index contributed by atoms with van der Waals surface area (Å²) >= 11 is 1.42. The molecule has 0 radical (unpaired) electrons. The van der Waals surface area contributed by atoms with Gasteiger partial charge in [-0.05, 0) is 32.4 Å². The van der Waals surface area contributed by atoms with E-state index in [1.165, 1.54) is 17.3 Å². The number of anilines is 1. The highest BCUT2D eigenvalue weighted by molar-refractivity contribution is 7.99. The van der Waals surface area contributed by atoms with Gasteiger partial charge in [0.2, 0.25) is 5.91 Å². The van der Waals surface area contributed by atoms with Crippen molar-refractivity contribution in [2.24, 2.45) is 0 Å². The summed E-state index contributed by atoms with van der Waals surface area (Å²) < 4.78 is 2.05. The molecule has 0 bridgehead atoms. The normalized spacial score (nSPS) is 10.7.